The molecule has 0 saturated carbocycles. The molecular formula is C18H24N4O3. The first-order valence-electron chi connectivity index (χ1n) is 8.60. The van der Waals surface area contributed by atoms with E-state index in [0.29, 0.717) is 31.2 Å². The fraction of sp³-hybridized carbons (Fsp3) is 0.556. The third-order valence-electron chi connectivity index (χ3n) is 4.09. The van der Waals surface area contributed by atoms with Gasteiger partial charge in [0.05, 0.1) is 0 Å². The molecule has 0 bridgehead atoms. The number of rotatable bonds is 3. The molecule has 7 heteroatoms. The molecule has 0 unspecified atom stereocenters. The van der Waals surface area contributed by atoms with Gasteiger partial charge in [-0.25, -0.2) is 4.79 Å². The molecule has 2 aromatic heterocycles. The number of carbonyl (C=O) groups is 1. The Labute approximate surface area is 147 Å². The zero-order valence-corrected chi connectivity index (χ0v) is 14.9. The second-order valence-electron chi connectivity index (χ2n) is 7.32. The van der Waals surface area contributed by atoms with Gasteiger partial charge in [-0.15, -0.1) is 0 Å². The summed E-state index contributed by atoms with van der Waals surface area (Å²) in [6, 6.07) is 3.88. The molecule has 134 valence electrons. The number of hydrogen-bond donors (Lipinski definition) is 0. The lowest BCUT2D eigenvalue weighted by atomic mass is 9.97. The first-order valence-corrected chi connectivity index (χ1v) is 8.60. The fourth-order valence-corrected chi connectivity index (χ4v) is 2.82. The van der Waals surface area contributed by atoms with Crippen molar-refractivity contribution in [2.75, 3.05) is 13.1 Å². The standard InChI is InChI=1S/C18H24N4O3/c1-18(2,3)24-17(23)22-10-6-14(7-11-22)16-20-15(21-25-16)12-13-4-8-19-9-5-13/h4-5,8-9,14H,6-7,10-12H2,1-3H3. The van der Waals surface area contributed by atoms with Crippen molar-refractivity contribution >= 4 is 6.09 Å². The van der Waals surface area contributed by atoms with E-state index in [4.69, 9.17) is 9.26 Å². The number of piperidine rings is 1. The quantitative estimate of drug-likeness (QED) is 0.850. The fourth-order valence-electron chi connectivity index (χ4n) is 2.82. The summed E-state index contributed by atoms with van der Waals surface area (Å²) in [6.45, 7) is 6.91. The normalized spacial score (nSPS) is 16.0. The van der Waals surface area contributed by atoms with Crippen LogP contribution in [-0.2, 0) is 11.2 Å². The van der Waals surface area contributed by atoms with Crippen LogP contribution in [0.4, 0.5) is 4.79 Å². The molecule has 0 aliphatic carbocycles. The van der Waals surface area contributed by atoms with E-state index in [-0.39, 0.29) is 12.0 Å². The highest BCUT2D eigenvalue weighted by atomic mass is 16.6. The Kier molecular flexibility index (Phi) is 5.01. The minimum absolute atomic E-state index is 0.192. The molecule has 1 saturated heterocycles. The van der Waals surface area contributed by atoms with Crippen molar-refractivity contribution in [2.45, 2.75) is 51.6 Å². The van der Waals surface area contributed by atoms with Crippen molar-refractivity contribution in [3.05, 3.63) is 41.8 Å². The van der Waals surface area contributed by atoms with Crippen LogP contribution >= 0.6 is 0 Å². The van der Waals surface area contributed by atoms with Crippen molar-refractivity contribution in [1.82, 2.24) is 20.0 Å². The number of likely N-dealkylation sites (tertiary alicyclic amines) is 1. The molecule has 1 amide bonds. The molecular weight excluding hydrogens is 320 g/mol. The molecule has 1 aliphatic heterocycles. The Morgan fingerprint density at radius 3 is 2.60 bits per heavy atom. The number of aromatic nitrogens is 3. The summed E-state index contributed by atoms with van der Waals surface area (Å²) < 4.78 is 10.9. The highest BCUT2D eigenvalue weighted by Gasteiger charge is 2.29. The van der Waals surface area contributed by atoms with Gasteiger partial charge in [-0.2, -0.15) is 4.98 Å². The van der Waals surface area contributed by atoms with Gasteiger partial charge in [-0.3, -0.25) is 4.98 Å². The van der Waals surface area contributed by atoms with Gasteiger partial charge < -0.3 is 14.2 Å². The molecule has 0 aromatic carbocycles. The maximum absolute atomic E-state index is 12.1. The molecule has 1 fully saturated rings. The van der Waals surface area contributed by atoms with Crippen LogP contribution in [0.15, 0.2) is 29.0 Å². The van der Waals surface area contributed by atoms with Crippen LogP contribution in [0.1, 0.15) is 56.8 Å². The average Bonchev–Trinajstić information content (AvgIpc) is 3.03. The predicted molar refractivity (Wildman–Crippen MR) is 91.1 cm³/mol. The highest BCUT2D eigenvalue weighted by Crippen LogP contribution is 2.27. The summed E-state index contributed by atoms with van der Waals surface area (Å²) in [5.41, 5.74) is 0.629. The van der Waals surface area contributed by atoms with E-state index in [1.54, 1.807) is 17.3 Å². The molecule has 0 radical (unpaired) electrons. The maximum Gasteiger partial charge on any atom is 0.410 e. The molecule has 0 N–H and O–H groups in total. The second kappa shape index (κ2) is 7.21. The predicted octanol–water partition coefficient (Wildman–Crippen LogP) is 3.17. The average molecular weight is 344 g/mol. The van der Waals surface area contributed by atoms with Crippen LogP contribution in [0.25, 0.3) is 0 Å². The molecule has 3 heterocycles. The van der Waals surface area contributed by atoms with E-state index < -0.39 is 5.60 Å². The summed E-state index contributed by atoms with van der Waals surface area (Å²) in [6.07, 6.45) is 5.48. The third-order valence-corrected chi connectivity index (χ3v) is 4.09. The van der Waals surface area contributed by atoms with E-state index >= 15 is 0 Å². The Morgan fingerprint density at radius 1 is 1.28 bits per heavy atom. The summed E-state index contributed by atoms with van der Waals surface area (Å²) >= 11 is 0. The molecule has 25 heavy (non-hydrogen) atoms. The van der Waals surface area contributed by atoms with Crippen molar-refractivity contribution < 1.29 is 14.1 Å². The Hall–Kier alpha value is -2.44. The van der Waals surface area contributed by atoms with Crippen molar-refractivity contribution in [3.8, 4) is 0 Å². The van der Waals surface area contributed by atoms with Crippen LogP contribution in [0.3, 0.4) is 0 Å². The van der Waals surface area contributed by atoms with Gasteiger partial charge in [0.1, 0.15) is 5.60 Å². The van der Waals surface area contributed by atoms with Gasteiger partial charge >= 0.3 is 6.09 Å². The number of hydrogen-bond acceptors (Lipinski definition) is 6. The SMILES string of the molecule is CC(C)(C)OC(=O)N1CCC(c2nc(Cc3ccncc3)no2)CC1. The Balaban J connectivity index is 1.54. The minimum atomic E-state index is -0.470. The topological polar surface area (TPSA) is 81.4 Å². The van der Waals surface area contributed by atoms with E-state index in [1.165, 1.54) is 0 Å². The van der Waals surface area contributed by atoms with Gasteiger partial charge in [0.25, 0.3) is 0 Å². The van der Waals surface area contributed by atoms with E-state index in [1.807, 2.05) is 32.9 Å². The summed E-state index contributed by atoms with van der Waals surface area (Å²) in [4.78, 5) is 22.4. The smallest absolute Gasteiger partial charge is 0.410 e. The zero-order chi connectivity index (χ0) is 17.9. The molecule has 3 rings (SSSR count). The number of nitrogens with zero attached hydrogens (tertiary/aromatic N) is 4. The molecule has 0 atom stereocenters. The van der Waals surface area contributed by atoms with Crippen molar-refractivity contribution in [3.63, 3.8) is 0 Å². The van der Waals surface area contributed by atoms with E-state index in [9.17, 15) is 4.79 Å². The highest BCUT2D eigenvalue weighted by molar-refractivity contribution is 5.68. The lowest BCUT2D eigenvalue weighted by Crippen LogP contribution is -2.41. The van der Waals surface area contributed by atoms with Crippen LogP contribution in [0.2, 0.25) is 0 Å². The summed E-state index contributed by atoms with van der Waals surface area (Å²) in [5.74, 6) is 1.53. The minimum Gasteiger partial charge on any atom is -0.444 e. The summed E-state index contributed by atoms with van der Waals surface area (Å²) in [5, 5.41) is 4.08. The molecule has 1 aliphatic rings. The first-order chi connectivity index (χ1) is 11.9. The van der Waals surface area contributed by atoms with Crippen LogP contribution in [-0.4, -0.2) is 44.8 Å². The number of carbonyl (C=O) groups excluding carboxylic acids is 1. The van der Waals surface area contributed by atoms with Gasteiger partial charge in [-0.1, -0.05) is 5.16 Å². The zero-order valence-electron chi connectivity index (χ0n) is 14.9. The lowest BCUT2D eigenvalue weighted by Gasteiger charge is -2.32. The van der Waals surface area contributed by atoms with Gasteiger partial charge in [0, 0.05) is 37.8 Å². The number of ether oxygens (including phenoxy) is 1. The van der Waals surface area contributed by atoms with Crippen LogP contribution in [0.5, 0.6) is 0 Å². The Morgan fingerprint density at radius 2 is 1.96 bits per heavy atom. The molecule has 0 spiro atoms. The van der Waals surface area contributed by atoms with Crippen molar-refractivity contribution in [2.24, 2.45) is 0 Å². The van der Waals surface area contributed by atoms with Gasteiger partial charge in [0.2, 0.25) is 5.89 Å². The van der Waals surface area contributed by atoms with Gasteiger partial charge in [0.15, 0.2) is 5.82 Å². The third kappa shape index (κ3) is 4.78. The number of pyridine rings is 1. The van der Waals surface area contributed by atoms with Crippen LogP contribution in [0, 0.1) is 0 Å². The summed E-state index contributed by atoms with van der Waals surface area (Å²) in [7, 11) is 0. The number of amides is 1. The lowest BCUT2D eigenvalue weighted by molar-refractivity contribution is 0.0198. The molecule has 2 aromatic rings. The van der Waals surface area contributed by atoms with Crippen molar-refractivity contribution in [1.29, 1.82) is 0 Å². The van der Waals surface area contributed by atoms with Gasteiger partial charge in [-0.05, 0) is 51.3 Å². The maximum atomic E-state index is 12.1. The second-order valence-corrected chi connectivity index (χ2v) is 7.32. The monoisotopic (exact) mass is 344 g/mol. The van der Waals surface area contributed by atoms with E-state index in [2.05, 4.69) is 15.1 Å². The first kappa shape index (κ1) is 17.4. The molecule has 7 nitrogen and oxygen atoms in total. The Bertz CT molecular complexity index is 701. The van der Waals surface area contributed by atoms with Crippen LogP contribution < -0.4 is 0 Å². The van der Waals surface area contributed by atoms with E-state index in [0.717, 1.165) is 18.4 Å². The largest absolute Gasteiger partial charge is 0.444 e.